The second kappa shape index (κ2) is 5.30. The highest BCUT2D eigenvalue weighted by Crippen LogP contribution is 2.37. The van der Waals surface area contributed by atoms with Gasteiger partial charge in [0.2, 0.25) is 10.1 Å². The van der Waals surface area contributed by atoms with E-state index < -0.39 is 11.2 Å². The number of halogens is 5. The first-order valence-electron chi connectivity index (χ1n) is 5.97. The molecule has 2 heterocycles. The van der Waals surface area contributed by atoms with Gasteiger partial charge in [0.25, 0.3) is 0 Å². The molecule has 21 heavy (non-hydrogen) atoms. The van der Waals surface area contributed by atoms with Crippen LogP contribution in [-0.2, 0) is 19.1 Å². The number of nitrogens with zero attached hydrogens (tertiary/aromatic N) is 3. The Balaban J connectivity index is 1.88. The Morgan fingerprint density at radius 1 is 1.19 bits per heavy atom. The van der Waals surface area contributed by atoms with Gasteiger partial charge in [0.05, 0.1) is 0 Å². The fourth-order valence-electron chi connectivity index (χ4n) is 2.20. The second-order valence-corrected chi connectivity index (χ2v) is 6.38. The van der Waals surface area contributed by atoms with Crippen molar-refractivity contribution in [3.63, 3.8) is 0 Å². The lowest BCUT2D eigenvalue weighted by atomic mass is 10.0. The van der Waals surface area contributed by atoms with Crippen molar-refractivity contribution in [1.82, 2.24) is 10.2 Å². The number of benzene rings is 1. The Kier molecular flexibility index (Phi) is 3.75. The smallest absolute Gasteiger partial charge is 0.342 e. The summed E-state index contributed by atoms with van der Waals surface area (Å²) in [6, 6.07) is 3.47. The summed E-state index contributed by atoms with van der Waals surface area (Å²) in [5, 5.41) is 7.22. The minimum absolute atomic E-state index is 0.249. The number of hydrogen-bond acceptors (Lipinski definition) is 4. The van der Waals surface area contributed by atoms with Crippen molar-refractivity contribution in [1.29, 1.82) is 0 Å². The van der Waals surface area contributed by atoms with E-state index in [1.54, 1.807) is 11.0 Å². The van der Waals surface area contributed by atoms with E-state index in [2.05, 4.69) is 10.2 Å². The highest BCUT2D eigenvalue weighted by atomic mass is 35.5. The zero-order valence-electron chi connectivity index (χ0n) is 10.4. The zero-order chi connectivity index (χ0) is 15.2. The molecule has 0 bridgehead atoms. The van der Waals surface area contributed by atoms with Crippen LogP contribution in [0.3, 0.4) is 0 Å². The van der Waals surface area contributed by atoms with Crippen molar-refractivity contribution >= 4 is 39.7 Å². The summed E-state index contributed by atoms with van der Waals surface area (Å²) in [6.45, 7) is 0.952. The average Bonchev–Trinajstić information content (AvgIpc) is 2.87. The van der Waals surface area contributed by atoms with Crippen molar-refractivity contribution in [3.8, 4) is 0 Å². The SMILES string of the molecule is FC(F)(F)c1nnc(N2CCc3cc(Cl)cc(Cl)c3C2)s1. The van der Waals surface area contributed by atoms with Crippen molar-refractivity contribution in [2.75, 3.05) is 11.4 Å². The molecule has 0 amide bonds. The number of alkyl halides is 3. The summed E-state index contributed by atoms with van der Waals surface area (Å²) >= 11 is 12.6. The number of fused-ring (bicyclic) bond motifs is 1. The van der Waals surface area contributed by atoms with E-state index in [-0.39, 0.29) is 5.13 Å². The maximum atomic E-state index is 12.6. The molecule has 112 valence electrons. The summed E-state index contributed by atoms with van der Waals surface area (Å²) in [7, 11) is 0. The van der Waals surface area contributed by atoms with Crippen LogP contribution in [0, 0.1) is 0 Å². The molecule has 0 saturated carbocycles. The predicted molar refractivity (Wildman–Crippen MR) is 76.1 cm³/mol. The van der Waals surface area contributed by atoms with Crippen LogP contribution >= 0.6 is 34.5 Å². The number of hydrogen-bond donors (Lipinski definition) is 0. The van der Waals surface area contributed by atoms with Crippen LogP contribution in [-0.4, -0.2) is 16.7 Å². The molecule has 0 saturated heterocycles. The van der Waals surface area contributed by atoms with Crippen molar-refractivity contribution in [3.05, 3.63) is 38.3 Å². The van der Waals surface area contributed by atoms with Crippen molar-refractivity contribution < 1.29 is 13.2 Å². The van der Waals surface area contributed by atoms with Gasteiger partial charge in [-0.2, -0.15) is 13.2 Å². The number of aromatic nitrogens is 2. The molecular weight excluding hydrogens is 346 g/mol. The Bertz CT molecular complexity index is 687. The Morgan fingerprint density at radius 2 is 1.95 bits per heavy atom. The molecule has 0 fully saturated rings. The van der Waals surface area contributed by atoms with Crippen molar-refractivity contribution in [2.24, 2.45) is 0 Å². The number of rotatable bonds is 1. The van der Waals surface area contributed by atoms with Crippen LogP contribution in [0.1, 0.15) is 16.1 Å². The van der Waals surface area contributed by atoms with E-state index in [9.17, 15) is 13.2 Å². The quantitative estimate of drug-likeness (QED) is 0.759. The van der Waals surface area contributed by atoms with Gasteiger partial charge >= 0.3 is 6.18 Å². The molecule has 1 aliphatic heterocycles. The van der Waals surface area contributed by atoms with Crippen LogP contribution in [0.25, 0.3) is 0 Å². The van der Waals surface area contributed by atoms with E-state index in [0.717, 1.165) is 11.1 Å². The van der Waals surface area contributed by atoms with Gasteiger partial charge in [-0.15, -0.1) is 10.2 Å². The monoisotopic (exact) mass is 353 g/mol. The molecule has 3 nitrogen and oxygen atoms in total. The minimum atomic E-state index is -4.46. The number of anilines is 1. The molecule has 3 rings (SSSR count). The van der Waals surface area contributed by atoms with Gasteiger partial charge in [0, 0.05) is 23.1 Å². The Hall–Kier alpha value is -1.05. The largest absolute Gasteiger partial charge is 0.445 e. The summed E-state index contributed by atoms with van der Waals surface area (Å²) in [5.41, 5.74) is 1.89. The third-order valence-electron chi connectivity index (χ3n) is 3.18. The molecule has 0 unspecified atom stereocenters. The Morgan fingerprint density at radius 3 is 2.62 bits per heavy atom. The van der Waals surface area contributed by atoms with Crippen LogP contribution in [0.5, 0.6) is 0 Å². The van der Waals surface area contributed by atoms with Crippen molar-refractivity contribution in [2.45, 2.75) is 19.1 Å². The van der Waals surface area contributed by atoms with Gasteiger partial charge in [-0.3, -0.25) is 0 Å². The normalized spacial score (nSPS) is 15.2. The maximum absolute atomic E-state index is 12.6. The average molecular weight is 354 g/mol. The molecule has 9 heteroatoms. The van der Waals surface area contributed by atoms with Gasteiger partial charge in [-0.25, -0.2) is 0 Å². The zero-order valence-corrected chi connectivity index (χ0v) is 12.7. The summed E-state index contributed by atoms with van der Waals surface area (Å²) in [4.78, 5) is 1.75. The molecule has 1 aliphatic rings. The highest BCUT2D eigenvalue weighted by molar-refractivity contribution is 7.15. The van der Waals surface area contributed by atoms with Gasteiger partial charge in [0.1, 0.15) is 0 Å². The van der Waals surface area contributed by atoms with Gasteiger partial charge in [-0.1, -0.05) is 34.5 Å². The van der Waals surface area contributed by atoms with E-state index in [0.29, 0.717) is 40.9 Å². The van der Waals surface area contributed by atoms with E-state index in [1.807, 2.05) is 6.07 Å². The molecule has 0 aliphatic carbocycles. The standard InChI is InChI=1S/C12H8Cl2F3N3S/c13-7-3-6-1-2-20(5-8(6)9(14)4-7)11-19-18-10(21-11)12(15,16)17/h3-4H,1-2,5H2. The molecule has 2 aromatic rings. The van der Waals surface area contributed by atoms with Gasteiger partial charge in [-0.05, 0) is 29.7 Å². The first-order chi connectivity index (χ1) is 9.84. The molecule has 1 aromatic carbocycles. The fraction of sp³-hybridized carbons (Fsp3) is 0.333. The molecule has 0 N–H and O–H groups in total. The topological polar surface area (TPSA) is 29.0 Å². The van der Waals surface area contributed by atoms with E-state index in [4.69, 9.17) is 23.2 Å². The lowest BCUT2D eigenvalue weighted by molar-refractivity contribution is -0.138. The van der Waals surface area contributed by atoms with Crippen LogP contribution < -0.4 is 4.90 Å². The second-order valence-electron chi connectivity index (χ2n) is 4.58. The Labute approximate surface area is 132 Å². The highest BCUT2D eigenvalue weighted by Gasteiger charge is 2.36. The van der Waals surface area contributed by atoms with E-state index in [1.165, 1.54) is 0 Å². The molecule has 0 radical (unpaired) electrons. The minimum Gasteiger partial charge on any atom is -0.342 e. The third-order valence-corrected chi connectivity index (χ3v) is 4.76. The van der Waals surface area contributed by atoms with E-state index >= 15 is 0 Å². The van der Waals surface area contributed by atoms with Crippen LogP contribution in [0.15, 0.2) is 12.1 Å². The summed E-state index contributed by atoms with van der Waals surface area (Å²) in [6.07, 6.45) is -3.81. The van der Waals surface area contributed by atoms with Crippen LogP contribution in [0.2, 0.25) is 10.0 Å². The first-order valence-corrected chi connectivity index (χ1v) is 7.54. The summed E-state index contributed by atoms with van der Waals surface area (Å²) in [5.74, 6) is 0. The molecule has 0 spiro atoms. The van der Waals surface area contributed by atoms with Gasteiger partial charge < -0.3 is 4.90 Å². The lowest BCUT2D eigenvalue weighted by Crippen LogP contribution is -2.30. The predicted octanol–water partition coefficient (Wildman–Crippen LogP) is 4.43. The maximum Gasteiger partial charge on any atom is 0.445 e. The lowest BCUT2D eigenvalue weighted by Gasteiger charge is -2.28. The molecule has 1 aromatic heterocycles. The molecular formula is C12H8Cl2F3N3S. The fourth-order valence-corrected chi connectivity index (χ4v) is 3.54. The summed E-state index contributed by atoms with van der Waals surface area (Å²) < 4.78 is 37.7. The molecule has 0 atom stereocenters. The van der Waals surface area contributed by atoms with Crippen LogP contribution in [0.4, 0.5) is 18.3 Å². The first kappa shape index (κ1) is 14.9. The third kappa shape index (κ3) is 2.95. The van der Waals surface area contributed by atoms with Gasteiger partial charge in [0.15, 0.2) is 0 Å².